The van der Waals surface area contributed by atoms with Crippen LogP contribution >= 0.6 is 0 Å². The fraction of sp³-hybridized carbons (Fsp3) is 0.235. The van der Waals surface area contributed by atoms with Crippen LogP contribution in [0, 0.1) is 5.82 Å². The van der Waals surface area contributed by atoms with Crippen LogP contribution in [0.4, 0.5) is 4.39 Å². The van der Waals surface area contributed by atoms with E-state index in [9.17, 15) is 9.18 Å². The highest BCUT2D eigenvalue weighted by atomic mass is 19.1. The average Bonchev–Trinajstić information content (AvgIpc) is 2.38. The molecule has 0 fully saturated rings. The molecule has 0 aromatic heterocycles. The van der Waals surface area contributed by atoms with E-state index in [1.165, 1.54) is 12.1 Å². The second-order valence-corrected chi connectivity index (χ2v) is 5.68. The lowest BCUT2D eigenvalue weighted by Crippen LogP contribution is -2.15. The first-order valence-electron chi connectivity index (χ1n) is 6.44. The zero-order chi connectivity index (χ0) is 14.8. The van der Waals surface area contributed by atoms with Gasteiger partial charge in [-0.05, 0) is 41.3 Å². The maximum atomic E-state index is 13.6. The number of carbonyl (C=O) groups excluding carboxylic acids is 1. The van der Waals surface area contributed by atoms with E-state index in [0.29, 0.717) is 5.75 Å². The van der Waals surface area contributed by atoms with E-state index in [1.807, 2.05) is 26.8 Å². The second kappa shape index (κ2) is 5.45. The van der Waals surface area contributed by atoms with Crippen molar-refractivity contribution in [3.63, 3.8) is 0 Å². The van der Waals surface area contributed by atoms with E-state index >= 15 is 0 Å². The van der Waals surface area contributed by atoms with E-state index in [4.69, 9.17) is 4.74 Å². The molecule has 0 unspecified atom stereocenters. The van der Waals surface area contributed by atoms with Gasteiger partial charge in [0, 0.05) is 0 Å². The van der Waals surface area contributed by atoms with Crippen LogP contribution in [-0.4, -0.2) is 5.97 Å². The first kappa shape index (κ1) is 14.3. The van der Waals surface area contributed by atoms with Gasteiger partial charge in [0.25, 0.3) is 0 Å². The maximum absolute atomic E-state index is 13.6. The second-order valence-electron chi connectivity index (χ2n) is 5.68. The first-order chi connectivity index (χ1) is 9.36. The van der Waals surface area contributed by atoms with Crippen molar-refractivity contribution in [1.29, 1.82) is 0 Å². The monoisotopic (exact) mass is 272 g/mol. The highest BCUT2D eigenvalue weighted by Crippen LogP contribution is 2.24. The van der Waals surface area contributed by atoms with E-state index in [0.717, 1.165) is 5.56 Å². The van der Waals surface area contributed by atoms with Crippen molar-refractivity contribution in [2.75, 3.05) is 0 Å². The summed E-state index contributed by atoms with van der Waals surface area (Å²) in [6.45, 7) is 5.90. The van der Waals surface area contributed by atoms with Crippen molar-refractivity contribution in [3.8, 4) is 5.75 Å². The largest absolute Gasteiger partial charge is 0.423 e. The maximum Gasteiger partial charge on any atom is 0.343 e. The minimum absolute atomic E-state index is 0.221. The molecule has 2 aromatic rings. The van der Waals surface area contributed by atoms with Gasteiger partial charge < -0.3 is 4.74 Å². The summed E-state index contributed by atoms with van der Waals surface area (Å²) < 4.78 is 18.9. The Morgan fingerprint density at radius 2 is 1.70 bits per heavy atom. The van der Waals surface area contributed by atoms with Crippen LogP contribution in [0.3, 0.4) is 0 Å². The third-order valence-electron chi connectivity index (χ3n) is 2.95. The van der Waals surface area contributed by atoms with E-state index < -0.39 is 11.8 Å². The Balaban J connectivity index is 2.29. The number of hydrogen-bond donors (Lipinski definition) is 0. The first-order valence-corrected chi connectivity index (χ1v) is 6.44. The molecule has 0 heterocycles. The Morgan fingerprint density at radius 1 is 1.05 bits per heavy atom. The minimum Gasteiger partial charge on any atom is -0.423 e. The topological polar surface area (TPSA) is 26.3 Å². The predicted octanol–water partition coefficient (Wildman–Crippen LogP) is 4.34. The molecule has 0 saturated heterocycles. The summed E-state index contributed by atoms with van der Waals surface area (Å²) in [4.78, 5) is 12.1. The molecule has 0 radical (unpaired) electrons. The van der Waals surface area contributed by atoms with E-state index in [2.05, 4.69) is 0 Å². The van der Waals surface area contributed by atoms with Crippen LogP contribution in [0.5, 0.6) is 5.75 Å². The number of para-hydroxylation sites is 1. The molecule has 2 aromatic carbocycles. The van der Waals surface area contributed by atoms with Crippen molar-refractivity contribution in [2.24, 2.45) is 0 Å². The third kappa shape index (κ3) is 3.44. The standard InChI is InChI=1S/C17H17FO2/c1-17(2,3)13-9-12(10-14(18)11-13)16(19)20-15-7-5-4-6-8-15/h4-11H,1-3H3. The summed E-state index contributed by atoms with van der Waals surface area (Å²) in [5.41, 5.74) is 0.750. The van der Waals surface area contributed by atoms with Gasteiger partial charge >= 0.3 is 5.97 Å². The summed E-state index contributed by atoms with van der Waals surface area (Å²) in [6.07, 6.45) is 0. The molecule has 104 valence electrons. The average molecular weight is 272 g/mol. The SMILES string of the molecule is CC(C)(C)c1cc(F)cc(C(=O)Oc2ccccc2)c1. The molecule has 0 bridgehead atoms. The fourth-order valence-electron chi connectivity index (χ4n) is 1.80. The van der Waals surface area contributed by atoms with Crippen molar-refractivity contribution < 1.29 is 13.9 Å². The van der Waals surface area contributed by atoms with Gasteiger partial charge in [-0.25, -0.2) is 9.18 Å². The van der Waals surface area contributed by atoms with Crippen LogP contribution in [0.25, 0.3) is 0 Å². The van der Waals surface area contributed by atoms with E-state index in [1.54, 1.807) is 30.3 Å². The summed E-state index contributed by atoms with van der Waals surface area (Å²) in [5.74, 6) is -0.544. The van der Waals surface area contributed by atoms with Gasteiger partial charge in [0.1, 0.15) is 11.6 Å². The lowest BCUT2D eigenvalue weighted by Gasteiger charge is -2.19. The highest BCUT2D eigenvalue weighted by molar-refractivity contribution is 5.91. The van der Waals surface area contributed by atoms with Crippen LogP contribution in [0.2, 0.25) is 0 Å². The van der Waals surface area contributed by atoms with Crippen molar-refractivity contribution in [1.82, 2.24) is 0 Å². The van der Waals surface area contributed by atoms with Gasteiger partial charge in [-0.2, -0.15) is 0 Å². The van der Waals surface area contributed by atoms with Crippen LogP contribution in [0.15, 0.2) is 48.5 Å². The molecule has 0 aliphatic heterocycles. The Kier molecular flexibility index (Phi) is 3.89. The molecule has 0 spiro atoms. The molecule has 2 rings (SSSR count). The number of halogens is 1. The van der Waals surface area contributed by atoms with Crippen molar-refractivity contribution in [3.05, 3.63) is 65.5 Å². The molecule has 0 atom stereocenters. The summed E-state index contributed by atoms with van der Waals surface area (Å²) in [5, 5.41) is 0. The Bertz CT molecular complexity index is 613. The Labute approximate surface area is 118 Å². The van der Waals surface area contributed by atoms with Gasteiger partial charge in [0.05, 0.1) is 5.56 Å². The lowest BCUT2D eigenvalue weighted by molar-refractivity contribution is 0.0734. The number of hydrogen-bond acceptors (Lipinski definition) is 2. The molecule has 2 nitrogen and oxygen atoms in total. The van der Waals surface area contributed by atoms with Crippen LogP contribution in [-0.2, 0) is 5.41 Å². The van der Waals surface area contributed by atoms with Gasteiger partial charge in [-0.3, -0.25) is 0 Å². The molecule has 0 N–H and O–H groups in total. The smallest absolute Gasteiger partial charge is 0.343 e. The van der Waals surface area contributed by atoms with E-state index in [-0.39, 0.29) is 11.0 Å². The van der Waals surface area contributed by atoms with Crippen LogP contribution < -0.4 is 4.74 Å². The summed E-state index contributed by atoms with van der Waals surface area (Å²) in [7, 11) is 0. The normalized spacial score (nSPS) is 11.2. The molecule has 20 heavy (non-hydrogen) atoms. The van der Waals surface area contributed by atoms with Crippen molar-refractivity contribution in [2.45, 2.75) is 26.2 Å². The Hall–Kier alpha value is -2.16. The highest BCUT2D eigenvalue weighted by Gasteiger charge is 2.18. The zero-order valence-electron chi connectivity index (χ0n) is 11.8. The molecule has 0 amide bonds. The fourth-order valence-corrected chi connectivity index (χ4v) is 1.80. The number of benzene rings is 2. The molecule has 0 saturated carbocycles. The molecular weight excluding hydrogens is 255 g/mol. The number of rotatable bonds is 2. The quantitative estimate of drug-likeness (QED) is 0.600. The van der Waals surface area contributed by atoms with Crippen molar-refractivity contribution >= 4 is 5.97 Å². The minimum atomic E-state index is -0.554. The molecule has 3 heteroatoms. The molecule has 0 aliphatic carbocycles. The summed E-state index contributed by atoms with van der Waals surface area (Å²) in [6, 6.07) is 13.1. The molecule has 0 aliphatic rings. The zero-order valence-corrected chi connectivity index (χ0v) is 11.8. The van der Waals surface area contributed by atoms with Gasteiger partial charge in [0.15, 0.2) is 0 Å². The summed E-state index contributed by atoms with van der Waals surface area (Å²) >= 11 is 0. The third-order valence-corrected chi connectivity index (χ3v) is 2.95. The van der Waals surface area contributed by atoms with Crippen LogP contribution in [0.1, 0.15) is 36.7 Å². The number of ether oxygens (including phenoxy) is 1. The van der Waals surface area contributed by atoms with Gasteiger partial charge in [-0.15, -0.1) is 0 Å². The Morgan fingerprint density at radius 3 is 2.30 bits per heavy atom. The van der Waals surface area contributed by atoms with Gasteiger partial charge in [-0.1, -0.05) is 39.0 Å². The number of carbonyl (C=O) groups is 1. The predicted molar refractivity (Wildman–Crippen MR) is 76.5 cm³/mol. The van der Waals surface area contributed by atoms with Gasteiger partial charge in [0.2, 0.25) is 0 Å². The number of esters is 1. The lowest BCUT2D eigenvalue weighted by atomic mass is 9.86. The molecular formula is C17H17FO2.